The third-order valence-electron chi connectivity index (χ3n) is 8.47. The minimum atomic E-state index is 0.262. The topological polar surface area (TPSA) is 57.4 Å². The standard InChI is InChI=1S/C39H42N4/c1-22(2)35-28-14-15-29(40-28)36(23(3)4)31-18-19-33(42-31)38(25(7)8)39-27(20-26-12-10-9-11-13-26)21-34(43-39)37(24(5)6)32-17-16-30(35)41-32/h9-19,21-24,42-43H,7,20H2,1-6,8H3. The van der Waals surface area contributed by atoms with Crippen LogP contribution in [0.3, 0.4) is 0 Å². The van der Waals surface area contributed by atoms with Crippen molar-refractivity contribution in [1.82, 2.24) is 19.9 Å². The molecule has 0 unspecified atom stereocenters. The second-order valence-corrected chi connectivity index (χ2v) is 12.8. The van der Waals surface area contributed by atoms with Crippen molar-refractivity contribution in [2.75, 3.05) is 0 Å². The lowest BCUT2D eigenvalue weighted by Gasteiger charge is -2.09. The van der Waals surface area contributed by atoms with Crippen LogP contribution in [0.25, 0.3) is 51.9 Å². The third-order valence-corrected chi connectivity index (χ3v) is 8.47. The van der Waals surface area contributed by atoms with Crippen molar-refractivity contribution in [2.45, 2.75) is 72.6 Å². The maximum Gasteiger partial charge on any atom is 0.0693 e. The molecule has 0 amide bonds. The second kappa shape index (κ2) is 11.3. The van der Waals surface area contributed by atoms with Crippen molar-refractivity contribution < 1.29 is 0 Å². The summed E-state index contributed by atoms with van der Waals surface area (Å²) in [5.41, 5.74) is 16.6. The number of H-pyrrole nitrogens is 2. The van der Waals surface area contributed by atoms with Crippen molar-refractivity contribution in [2.24, 2.45) is 0 Å². The van der Waals surface area contributed by atoms with E-state index in [1.54, 1.807) is 0 Å². The molecule has 2 aliphatic rings. The number of aromatic nitrogens is 4. The van der Waals surface area contributed by atoms with Gasteiger partial charge in [0, 0.05) is 38.8 Å². The lowest BCUT2D eigenvalue weighted by molar-refractivity contribution is 0.840. The molecule has 2 N–H and O–H groups in total. The average molecular weight is 567 g/mol. The Balaban J connectivity index is 1.83. The predicted octanol–water partition coefficient (Wildman–Crippen LogP) is 10.6. The summed E-state index contributed by atoms with van der Waals surface area (Å²) in [7, 11) is 0. The molecule has 8 bridgehead atoms. The van der Waals surface area contributed by atoms with E-state index >= 15 is 0 Å². The van der Waals surface area contributed by atoms with E-state index in [4.69, 9.17) is 9.97 Å². The number of hydrogen-bond donors (Lipinski definition) is 2. The molecule has 0 fully saturated rings. The van der Waals surface area contributed by atoms with Crippen LogP contribution in [0.15, 0.2) is 55.1 Å². The van der Waals surface area contributed by atoms with Gasteiger partial charge in [0.1, 0.15) is 0 Å². The highest BCUT2D eigenvalue weighted by molar-refractivity contribution is 5.92. The Bertz CT molecular complexity index is 1940. The van der Waals surface area contributed by atoms with E-state index in [0.717, 1.165) is 62.4 Å². The fraction of sp³-hybridized carbons (Fsp3) is 0.282. The maximum atomic E-state index is 5.27. The zero-order valence-electron chi connectivity index (χ0n) is 26.5. The molecule has 0 aliphatic carbocycles. The van der Waals surface area contributed by atoms with Crippen LogP contribution < -0.4 is 0 Å². The summed E-state index contributed by atoms with van der Waals surface area (Å²) < 4.78 is 0. The smallest absolute Gasteiger partial charge is 0.0693 e. The van der Waals surface area contributed by atoms with Gasteiger partial charge in [0.25, 0.3) is 0 Å². The average Bonchev–Trinajstić information content (AvgIpc) is 3.75. The van der Waals surface area contributed by atoms with Gasteiger partial charge in [-0.1, -0.05) is 78.5 Å². The van der Waals surface area contributed by atoms with Crippen LogP contribution in [0, 0.1) is 0 Å². The van der Waals surface area contributed by atoms with E-state index in [1.165, 1.54) is 27.8 Å². The van der Waals surface area contributed by atoms with Gasteiger partial charge in [-0.05, 0) is 90.3 Å². The number of nitrogens with one attached hydrogen (secondary N) is 2. The first kappa shape index (κ1) is 28.7. The summed E-state index contributed by atoms with van der Waals surface area (Å²) in [5, 5.41) is 0. The highest BCUT2D eigenvalue weighted by Crippen LogP contribution is 2.35. The van der Waals surface area contributed by atoms with Crippen LogP contribution in [0.2, 0.25) is 0 Å². The number of fused-ring (bicyclic) bond motifs is 8. The van der Waals surface area contributed by atoms with E-state index in [-0.39, 0.29) is 17.8 Å². The molecule has 218 valence electrons. The highest BCUT2D eigenvalue weighted by atomic mass is 14.8. The lowest BCUT2D eigenvalue weighted by atomic mass is 9.99. The van der Waals surface area contributed by atoms with Gasteiger partial charge in [-0.15, -0.1) is 0 Å². The van der Waals surface area contributed by atoms with Crippen LogP contribution in [-0.2, 0) is 6.42 Å². The van der Waals surface area contributed by atoms with Crippen LogP contribution in [-0.4, -0.2) is 19.9 Å². The maximum absolute atomic E-state index is 5.27. The molecule has 4 heteroatoms. The Hall–Kier alpha value is -4.44. The normalized spacial score (nSPS) is 12.7. The molecule has 5 heterocycles. The molecule has 43 heavy (non-hydrogen) atoms. The van der Waals surface area contributed by atoms with Crippen molar-refractivity contribution in [3.8, 4) is 0 Å². The zero-order valence-corrected chi connectivity index (χ0v) is 26.5. The van der Waals surface area contributed by atoms with E-state index in [9.17, 15) is 0 Å². The molecule has 4 nitrogen and oxygen atoms in total. The lowest BCUT2D eigenvalue weighted by Crippen LogP contribution is -1.98. The second-order valence-electron chi connectivity index (χ2n) is 12.8. The molecule has 0 radical (unpaired) electrons. The monoisotopic (exact) mass is 566 g/mol. The van der Waals surface area contributed by atoms with Crippen LogP contribution >= 0.6 is 0 Å². The SMILES string of the molecule is C=C(C)c1c2ccc([nH]2)c(C(C)C)c2nc(c(C(C)C)c3nc(c(C(C)C)c4cc(Cc5ccccc5)c1[nH]4)C=C3)C=C2. The molecule has 2 aliphatic heterocycles. The zero-order chi connectivity index (χ0) is 30.4. The van der Waals surface area contributed by atoms with E-state index in [2.05, 4.69) is 138 Å². The van der Waals surface area contributed by atoms with Crippen LogP contribution in [0.1, 0.15) is 122 Å². The summed E-state index contributed by atoms with van der Waals surface area (Å²) in [6, 6.07) is 17.4. The van der Waals surface area contributed by atoms with Crippen molar-refractivity contribution >= 4 is 51.9 Å². The quantitative estimate of drug-likeness (QED) is 0.211. The van der Waals surface area contributed by atoms with Crippen LogP contribution in [0.5, 0.6) is 0 Å². The largest absolute Gasteiger partial charge is 0.355 e. The molecule has 3 aromatic heterocycles. The van der Waals surface area contributed by atoms with Crippen molar-refractivity contribution in [3.05, 3.63) is 111 Å². The van der Waals surface area contributed by atoms with Gasteiger partial charge in [-0.3, -0.25) is 0 Å². The van der Waals surface area contributed by atoms with E-state index in [0.29, 0.717) is 0 Å². The van der Waals surface area contributed by atoms with Gasteiger partial charge in [-0.25, -0.2) is 9.97 Å². The van der Waals surface area contributed by atoms with E-state index in [1.807, 2.05) is 0 Å². The molecule has 1 aromatic carbocycles. The number of nitrogens with zero attached hydrogens (tertiary/aromatic N) is 2. The Morgan fingerprint density at radius 2 is 1.16 bits per heavy atom. The van der Waals surface area contributed by atoms with Gasteiger partial charge >= 0.3 is 0 Å². The summed E-state index contributed by atoms with van der Waals surface area (Å²) in [4.78, 5) is 18.2. The Morgan fingerprint density at radius 1 is 0.651 bits per heavy atom. The molecular weight excluding hydrogens is 524 g/mol. The molecule has 0 atom stereocenters. The number of benzene rings is 1. The molecule has 6 rings (SSSR count). The predicted molar refractivity (Wildman–Crippen MR) is 185 cm³/mol. The van der Waals surface area contributed by atoms with Crippen molar-refractivity contribution in [3.63, 3.8) is 0 Å². The molecule has 0 saturated heterocycles. The molecular formula is C39H42N4. The molecule has 0 saturated carbocycles. The fourth-order valence-corrected chi connectivity index (χ4v) is 6.63. The summed E-state index contributed by atoms with van der Waals surface area (Å²) in [6.07, 6.45) is 9.49. The highest BCUT2D eigenvalue weighted by Gasteiger charge is 2.21. The third kappa shape index (κ3) is 5.31. The van der Waals surface area contributed by atoms with E-state index < -0.39 is 0 Å². The summed E-state index contributed by atoms with van der Waals surface area (Å²) >= 11 is 0. The molecule has 4 aromatic rings. The van der Waals surface area contributed by atoms with Gasteiger partial charge in [0.15, 0.2) is 0 Å². The minimum Gasteiger partial charge on any atom is -0.355 e. The first-order valence-corrected chi connectivity index (χ1v) is 15.5. The summed E-state index contributed by atoms with van der Waals surface area (Å²) in [5.74, 6) is 0.813. The first-order valence-electron chi connectivity index (χ1n) is 15.5. The van der Waals surface area contributed by atoms with Crippen molar-refractivity contribution in [1.29, 1.82) is 0 Å². The van der Waals surface area contributed by atoms with Gasteiger partial charge in [0.2, 0.25) is 0 Å². The Labute approximate surface area is 255 Å². The Morgan fingerprint density at radius 3 is 1.70 bits per heavy atom. The molecule has 0 spiro atoms. The Kier molecular flexibility index (Phi) is 7.56. The minimum absolute atomic E-state index is 0.262. The number of rotatable bonds is 6. The van der Waals surface area contributed by atoms with Crippen LogP contribution in [0.4, 0.5) is 0 Å². The van der Waals surface area contributed by atoms with Gasteiger partial charge < -0.3 is 9.97 Å². The van der Waals surface area contributed by atoms with Gasteiger partial charge in [0.05, 0.1) is 28.3 Å². The number of hydrogen-bond acceptors (Lipinski definition) is 2. The first-order chi connectivity index (χ1) is 20.6. The number of aromatic amines is 2. The summed E-state index contributed by atoms with van der Waals surface area (Å²) in [6.45, 7) is 20.0. The fourth-order valence-electron chi connectivity index (χ4n) is 6.63. The van der Waals surface area contributed by atoms with Gasteiger partial charge in [-0.2, -0.15) is 0 Å². The number of allylic oxidation sites excluding steroid dienone is 1.